The van der Waals surface area contributed by atoms with Gasteiger partial charge in [-0.05, 0) is 52.6 Å². The first kappa shape index (κ1) is 27.5. The van der Waals surface area contributed by atoms with E-state index in [4.69, 9.17) is 4.98 Å². The number of aromatic nitrogens is 3. The molecule has 0 aliphatic carbocycles. The highest BCUT2D eigenvalue weighted by Crippen LogP contribution is 2.49. The third kappa shape index (κ3) is 3.39. The molecule has 53 heavy (non-hydrogen) atoms. The highest BCUT2D eigenvalue weighted by Gasteiger charge is 2.27. The fourth-order valence-corrected chi connectivity index (χ4v) is 9.59. The van der Waals surface area contributed by atoms with Gasteiger partial charge in [-0.25, -0.2) is 4.98 Å². The van der Waals surface area contributed by atoms with Crippen LogP contribution in [0, 0.1) is 0 Å². The highest BCUT2D eigenvalue weighted by atomic mass is 15.2. The minimum Gasteiger partial charge on any atom is -0.308 e. The summed E-state index contributed by atoms with van der Waals surface area (Å²) in [5, 5.41) is 13.6. The van der Waals surface area contributed by atoms with Gasteiger partial charge in [0.1, 0.15) is 5.65 Å². The summed E-state index contributed by atoms with van der Waals surface area (Å²) in [6, 6.07) is 61.9. The van der Waals surface area contributed by atoms with E-state index in [9.17, 15) is 0 Å². The van der Waals surface area contributed by atoms with Gasteiger partial charge in [-0.3, -0.25) is 4.40 Å². The number of pyridine rings is 1. The van der Waals surface area contributed by atoms with Gasteiger partial charge in [0.25, 0.3) is 0 Å². The number of fused-ring (bicyclic) bond motifs is 16. The second kappa shape index (κ2) is 9.78. The van der Waals surface area contributed by atoms with E-state index in [2.05, 4.69) is 184 Å². The Morgan fingerprint density at radius 1 is 0.377 bits per heavy atom. The van der Waals surface area contributed by atoms with Crippen LogP contribution in [0.1, 0.15) is 0 Å². The van der Waals surface area contributed by atoms with Crippen LogP contribution < -0.4 is 4.90 Å². The molecule has 0 fully saturated rings. The molecule has 0 aliphatic rings. The van der Waals surface area contributed by atoms with Gasteiger partial charge >= 0.3 is 0 Å². The Hall–Kier alpha value is -7.17. The fourth-order valence-electron chi connectivity index (χ4n) is 9.59. The van der Waals surface area contributed by atoms with Crippen LogP contribution in [-0.2, 0) is 0 Å². The molecule has 0 amide bonds. The number of para-hydroxylation sites is 4. The van der Waals surface area contributed by atoms with Crippen molar-refractivity contribution >= 4 is 115 Å². The predicted molar refractivity (Wildman–Crippen MR) is 223 cm³/mol. The Bertz CT molecular complexity index is 3580. The molecule has 0 radical (unpaired) electrons. The molecular weight excluding hydrogens is 645 g/mol. The van der Waals surface area contributed by atoms with Crippen molar-refractivity contribution in [2.24, 2.45) is 0 Å². The Morgan fingerprint density at radius 3 is 1.72 bits per heavy atom. The second-order valence-electron chi connectivity index (χ2n) is 14.3. The largest absolute Gasteiger partial charge is 0.308 e. The SMILES string of the molecule is c1ccc(N(c2ccccc2)c2cc3ccccc3c3c4cccc5c6cc7c(nc6n(c23)c54)c2cccc3c4ccc5ccccc5c4n7c32)cc1. The molecule has 0 saturated carbocycles. The third-order valence-corrected chi connectivity index (χ3v) is 11.7. The topological polar surface area (TPSA) is 25.0 Å². The summed E-state index contributed by atoms with van der Waals surface area (Å²) in [5.41, 5.74) is 11.4. The zero-order valence-electron chi connectivity index (χ0n) is 28.5. The Morgan fingerprint density at radius 2 is 0.943 bits per heavy atom. The Labute approximate surface area is 302 Å². The summed E-state index contributed by atoms with van der Waals surface area (Å²) in [7, 11) is 0. The van der Waals surface area contributed by atoms with Gasteiger partial charge < -0.3 is 9.30 Å². The van der Waals surface area contributed by atoms with Crippen molar-refractivity contribution in [2.45, 2.75) is 0 Å². The van der Waals surface area contributed by atoms with Gasteiger partial charge in [-0.15, -0.1) is 0 Å². The van der Waals surface area contributed by atoms with E-state index in [0.717, 1.165) is 39.3 Å². The second-order valence-corrected chi connectivity index (χ2v) is 14.3. The van der Waals surface area contributed by atoms with Crippen LogP contribution in [0.2, 0.25) is 0 Å². The lowest BCUT2D eigenvalue weighted by Gasteiger charge is -2.27. The molecule has 4 nitrogen and oxygen atoms in total. The van der Waals surface area contributed by atoms with Crippen LogP contribution in [0.25, 0.3) is 98.0 Å². The maximum absolute atomic E-state index is 5.74. The summed E-state index contributed by atoms with van der Waals surface area (Å²) < 4.78 is 4.96. The minimum atomic E-state index is 0.986. The van der Waals surface area contributed by atoms with Gasteiger partial charge in [-0.2, -0.15) is 0 Å². The van der Waals surface area contributed by atoms with E-state index in [1.165, 1.54) is 75.8 Å². The van der Waals surface area contributed by atoms with Crippen molar-refractivity contribution in [3.63, 3.8) is 0 Å². The minimum absolute atomic E-state index is 0.986. The molecule has 4 heteroatoms. The molecule has 0 atom stereocenters. The van der Waals surface area contributed by atoms with Crippen LogP contribution in [-0.4, -0.2) is 13.8 Å². The van der Waals surface area contributed by atoms with Gasteiger partial charge in [0.15, 0.2) is 0 Å². The van der Waals surface area contributed by atoms with E-state index in [0.29, 0.717) is 0 Å². The molecule has 5 aromatic heterocycles. The summed E-state index contributed by atoms with van der Waals surface area (Å²) >= 11 is 0. The van der Waals surface area contributed by atoms with Crippen molar-refractivity contribution in [2.75, 3.05) is 4.90 Å². The quantitative estimate of drug-likeness (QED) is 0.187. The molecule has 0 bridgehead atoms. The monoisotopic (exact) mass is 672 g/mol. The number of benzene rings is 8. The number of nitrogens with zero attached hydrogens (tertiary/aromatic N) is 4. The molecule has 0 saturated heterocycles. The molecule has 13 aromatic rings. The predicted octanol–water partition coefficient (Wildman–Crippen LogP) is 13.2. The molecule has 0 spiro atoms. The maximum Gasteiger partial charge on any atom is 0.146 e. The first-order valence-corrected chi connectivity index (χ1v) is 18.2. The van der Waals surface area contributed by atoms with Crippen LogP contribution in [0.15, 0.2) is 170 Å². The normalized spacial score (nSPS) is 12.5. The van der Waals surface area contributed by atoms with Crippen molar-refractivity contribution in [1.29, 1.82) is 0 Å². The molecule has 5 heterocycles. The molecule has 13 rings (SSSR count). The molecular formula is C49H28N4. The molecule has 0 aliphatic heterocycles. The van der Waals surface area contributed by atoms with E-state index >= 15 is 0 Å². The van der Waals surface area contributed by atoms with E-state index in [1.54, 1.807) is 0 Å². The zero-order chi connectivity index (χ0) is 34.4. The van der Waals surface area contributed by atoms with E-state index < -0.39 is 0 Å². The van der Waals surface area contributed by atoms with Crippen LogP contribution in [0.5, 0.6) is 0 Å². The zero-order valence-corrected chi connectivity index (χ0v) is 28.5. The number of hydrogen-bond donors (Lipinski definition) is 0. The van der Waals surface area contributed by atoms with Crippen molar-refractivity contribution in [3.05, 3.63) is 170 Å². The summed E-state index contributed by atoms with van der Waals surface area (Å²) in [4.78, 5) is 8.15. The maximum atomic E-state index is 5.74. The van der Waals surface area contributed by atoms with Crippen LogP contribution in [0.3, 0.4) is 0 Å². The van der Waals surface area contributed by atoms with Gasteiger partial charge in [0.05, 0.1) is 38.8 Å². The summed E-state index contributed by atoms with van der Waals surface area (Å²) in [5.74, 6) is 0. The van der Waals surface area contributed by atoms with E-state index in [1.807, 2.05) is 0 Å². The average Bonchev–Trinajstić information content (AvgIpc) is 3.95. The number of anilines is 3. The Kier molecular flexibility index (Phi) is 5.08. The first-order valence-electron chi connectivity index (χ1n) is 18.2. The fraction of sp³-hybridized carbons (Fsp3) is 0. The van der Waals surface area contributed by atoms with E-state index in [-0.39, 0.29) is 0 Å². The molecule has 0 unspecified atom stereocenters. The average molecular weight is 673 g/mol. The lowest BCUT2D eigenvalue weighted by atomic mass is 10.0. The highest BCUT2D eigenvalue weighted by molar-refractivity contribution is 6.33. The van der Waals surface area contributed by atoms with Gasteiger partial charge in [0, 0.05) is 54.5 Å². The standard InChI is InChI=1S/C49H28N4/c1-3-15-31(16-4-1)51(32-17-5-2-6-18-32)42-27-30-14-8-9-19-33(30)43-38-23-11-22-36-40-28-41-44(50-49(40)53(46(36)38)48(42)43)39-24-12-21-35-37-26-25-29-13-7-10-20-34(29)45(37)52(41)47(35)39/h1-28H. The molecule has 0 N–H and O–H groups in total. The lowest BCUT2D eigenvalue weighted by molar-refractivity contribution is 1.25. The number of rotatable bonds is 3. The summed E-state index contributed by atoms with van der Waals surface area (Å²) in [6.07, 6.45) is 0. The lowest BCUT2D eigenvalue weighted by Crippen LogP contribution is -2.11. The first-order chi connectivity index (χ1) is 26.3. The van der Waals surface area contributed by atoms with Gasteiger partial charge in [0.2, 0.25) is 0 Å². The summed E-state index contributed by atoms with van der Waals surface area (Å²) in [6.45, 7) is 0. The van der Waals surface area contributed by atoms with Crippen molar-refractivity contribution < 1.29 is 0 Å². The third-order valence-electron chi connectivity index (χ3n) is 11.7. The molecule has 244 valence electrons. The van der Waals surface area contributed by atoms with Crippen LogP contribution >= 0.6 is 0 Å². The number of hydrogen-bond acceptors (Lipinski definition) is 2. The Balaban J connectivity index is 1.26. The van der Waals surface area contributed by atoms with Crippen LogP contribution in [0.4, 0.5) is 17.1 Å². The smallest absolute Gasteiger partial charge is 0.146 e. The van der Waals surface area contributed by atoms with Crippen molar-refractivity contribution in [3.8, 4) is 0 Å². The molecule has 8 aromatic carbocycles. The van der Waals surface area contributed by atoms with Crippen molar-refractivity contribution in [1.82, 2.24) is 13.8 Å². The van der Waals surface area contributed by atoms with Gasteiger partial charge in [-0.1, -0.05) is 133 Å².